The average molecular weight is 493 g/mol. The van der Waals surface area contributed by atoms with E-state index < -0.39 is 11.6 Å². The molecule has 2 aromatic rings. The number of aliphatic imine (C=N–C) groups is 1. The molecule has 5 nitrogen and oxygen atoms in total. The van der Waals surface area contributed by atoms with E-state index in [1.165, 1.54) is 12.1 Å². The molecule has 0 bridgehead atoms. The molecule has 1 aliphatic carbocycles. The SMILES string of the molecule is CC(C)[C@H](c1ccc(CC(=O)O)cc1)N1C(=O)C(c2ccc(F)cc2)=NC12CCC(C(C)(C)C)CC2. The van der Waals surface area contributed by atoms with Crippen LogP contribution in [0.4, 0.5) is 4.39 Å². The predicted octanol–water partition coefficient (Wildman–Crippen LogP) is 6.41. The quantitative estimate of drug-likeness (QED) is 0.506. The van der Waals surface area contributed by atoms with Crippen molar-refractivity contribution >= 4 is 17.6 Å². The Kier molecular flexibility index (Phi) is 7.09. The topological polar surface area (TPSA) is 70.0 Å². The Bertz CT molecular complexity index is 1140. The maximum Gasteiger partial charge on any atom is 0.307 e. The molecule has 0 unspecified atom stereocenters. The third-order valence-electron chi connectivity index (χ3n) is 7.90. The van der Waals surface area contributed by atoms with Gasteiger partial charge in [0, 0.05) is 5.56 Å². The molecule has 36 heavy (non-hydrogen) atoms. The summed E-state index contributed by atoms with van der Waals surface area (Å²) in [5, 5.41) is 9.15. The summed E-state index contributed by atoms with van der Waals surface area (Å²) in [4.78, 5) is 32.4. The lowest BCUT2D eigenvalue weighted by atomic mass is 9.69. The van der Waals surface area contributed by atoms with Crippen molar-refractivity contribution in [1.29, 1.82) is 0 Å². The summed E-state index contributed by atoms with van der Waals surface area (Å²) in [5.74, 6) is -0.672. The lowest BCUT2D eigenvalue weighted by Gasteiger charge is -2.48. The predicted molar refractivity (Wildman–Crippen MR) is 139 cm³/mol. The second-order valence-corrected chi connectivity index (χ2v) is 11.8. The Morgan fingerprint density at radius 3 is 2.17 bits per heavy atom. The van der Waals surface area contributed by atoms with Gasteiger partial charge in [0.15, 0.2) is 0 Å². The fourth-order valence-electron chi connectivity index (χ4n) is 5.93. The summed E-state index contributed by atoms with van der Waals surface area (Å²) in [5.41, 5.74) is 2.29. The summed E-state index contributed by atoms with van der Waals surface area (Å²) in [6.07, 6.45) is 3.49. The third-order valence-corrected chi connectivity index (χ3v) is 7.90. The molecule has 1 saturated carbocycles. The molecule has 0 saturated heterocycles. The van der Waals surface area contributed by atoms with Crippen LogP contribution in [-0.2, 0) is 16.0 Å². The Balaban J connectivity index is 1.75. The van der Waals surface area contributed by atoms with E-state index in [1.807, 2.05) is 29.2 Å². The van der Waals surface area contributed by atoms with Crippen LogP contribution >= 0.6 is 0 Å². The smallest absolute Gasteiger partial charge is 0.307 e. The van der Waals surface area contributed by atoms with Gasteiger partial charge in [-0.05, 0) is 78.3 Å². The number of benzene rings is 2. The van der Waals surface area contributed by atoms with Crippen molar-refractivity contribution in [1.82, 2.24) is 4.90 Å². The van der Waals surface area contributed by atoms with Gasteiger partial charge < -0.3 is 10.0 Å². The molecule has 192 valence electrons. The molecule has 1 amide bonds. The molecule has 0 radical (unpaired) electrons. The van der Waals surface area contributed by atoms with Crippen molar-refractivity contribution in [2.24, 2.45) is 22.2 Å². The summed E-state index contributed by atoms with van der Waals surface area (Å²) in [6.45, 7) is 11.0. The summed E-state index contributed by atoms with van der Waals surface area (Å²) >= 11 is 0. The van der Waals surface area contributed by atoms with Crippen LogP contribution in [0.25, 0.3) is 0 Å². The lowest BCUT2D eigenvalue weighted by Crippen LogP contribution is -2.52. The number of amides is 1. The first-order valence-electron chi connectivity index (χ1n) is 12.9. The van der Waals surface area contributed by atoms with Crippen LogP contribution < -0.4 is 0 Å². The highest BCUT2D eigenvalue weighted by atomic mass is 19.1. The molecule has 4 rings (SSSR count). The van der Waals surface area contributed by atoms with E-state index in [0.717, 1.165) is 36.8 Å². The molecule has 1 heterocycles. The molecule has 1 atom stereocenters. The van der Waals surface area contributed by atoms with E-state index >= 15 is 0 Å². The van der Waals surface area contributed by atoms with Crippen LogP contribution in [0.3, 0.4) is 0 Å². The van der Waals surface area contributed by atoms with Gasteiger partial charge >= 0.3 is 5.97 Å². The zero-order valence-corrected chi connectivity index (χ0v) is 21.9. The van der Waals surface area contributed by atoms with E-state index in [0.29, 0.717) is 17.2 Å². The monoisotopic (exact) mass is 492 g/mol. The van der Waals surface area contributed by atoms with E-state index in [2.05, 4.69) is 34.6 Å². The molecule has 2 aromatic carbocycles. The van der Waals surface area contributed by atoms with E-state index in [1.54, 1.807) is 12.1 Å². The van der Waals surface area contributed by atoms with Crippen LogP contribution in [0.2, 0.25) is 0 Å². The number of hydrogen-bond donors (Lipinski definition) is 1. The second-order valence-electron chi connectivity index (χ2n) is 11.8. The molecule has 1 fully saturated rings. The van der Waals surface area contributed by atoms with Gasteiger partial charge in [0.1, 0.15) is 17.2 Å². The van der Waals surface area contributed by atoms with Gasteiger partial charge in [-0.3, -0.25) is 14.6 Å². The van der Waals surface area contributed by atoms with Crippen LogP contribution in [0.5, 0.6) is 0 Å². The fourth-order valence-corrected chi connectivity index (χ4v) is 5.93. The van der Waals surface area contributed by atoms with Gasteiger partial charge in [-0.25, -0.2) is 4.39 Å². The van der Waals surface area contributed by atoms with E-state index in [-0.39, 0.29) is 35.5 Å². The molecular formula is C30H37FN2O3. The van der Waals surface area contributed by atoms with Gasteiger partial charge in [0.2, 0.25) is 0 Å². The zero-order valence-electron chi connectivity index (χ0n) is 21.9. The highest BCUT2D eigenvalue weighted by Crippen LogP contribution is 2.50. The minimum Gasteiger partial charge on any atom is -0.481 e. The number of hydrogen-bond acceptors (Lipinski definition) is 3. The molecule has 6 heteroatoms. The highest BCUT2D eigenvalue weighted by molar-refractivity contribution is 6.46. The Hall–Kier alpha value is -3.02. The fraction of sp³-hybridized carbons (Fsp3) is 0.500. The Morgan fingerprint density at radius 1 is 1.08 bits per heavy atom. The number of nitrogens with zero attached hydrogens (tertiary/aromatic N) is 2. The lowest BCUT2D eigenvalue weighted by molar-refractivity contribution is -0.136. The van der Waals surface area contributed by atoms with Crippen molar-refractivity contribution in [2.75, 3.05) is 0 Å². The Labute approximate surface area is 213 Å². The van der Waals surface area contributed by atoms with Gasteiger partial charge in [0.05, 0.1) is 12.5 Å². The number of carbonyl (C=O) groups excluding carboxylic acids is 1. The maximum atomic E-state index is 14.1. The van der Waals surface area contributed by atoms with Crippen LogP contribution in [-0.4, -0.2) is 33.3 Å². The number of carboxylic acids is 1. The zero-order chi connectivity index (χ0) is 26.3. The highest BCUT2D eigenvalue weighted by Gasteiger charge is 2.53. The van der Waals surface area contributed by atoms with Crippen molar-refractivity contribution in [2.45, 2.75) is 78.4 Å². The Morgan fingerprint density at radius 2 is 1.67 bits per heavy atom. The minimum atomic E-state index is -0.871. The van der Waals surface area contributed by atoms with Crippen LogP contribution in [0.15, 0.2) is 53.5 Å². The first kappa shape index (κ1) is 26.1. The molecule has 1 aliphatic heterocycles. The third kappa shape index (κ3) is 5.09. The molecular weight excluding hydrogens is 455 g/mol. The van der Waals surface area contributed by atoms with Gasteiger partial charge in [0.25, 0.3) is 5.91 Å². The maximum absolute atomic E-state index is 14.1. The number of rotatable bonds is 6. The average Bonchev–Trinajstić information content (AvgIpc) is 3.06. The van der Waals surface area contributed by atoms with E-state index in [4.69, 9.17) is 10.1 Å². The first-order chi connectivity index (χ1) is 16.9. The summed E-state index contributed by atoms with van der Waals surface area (Å²) < 4.78 is 13.6. The van der Waals surface area contributed by atoms with Crippen LogP contribution in [0.1, 0.15) is 83.0 Å². The minimum absolute atomic E-state index is 0.0365. The molecule has 2 aliphatic rings. The van der Waals surface area contributed by atoms with Crippen molar-refractivity contribution in [3.8, 4) is 0 Å². The van der Waals surface area contributed by atoms with Crippen molar-refractivity contribution in [3.05, 3.63) is 71.0 Å². The normalized spacial score (nSPS) is 23.3. The molecule has 1 N–H and O–H groups in total. The van der Waals surface area contributed by atoms with Gasteiger partial charge in [-0.2, -0.15) is 0 Å². The second kappa shape index (κ2) is 9.79. The van der Waals surface area contributed by atoms with Crippen LogP contribution in [0, 0.1) is 23.1 Å². The number of aliphatic carboxylic acids is 1. The number of halogens is 1. The van der Waals surface area contributed by atoms with Crippen molar-refractivity contribution in [3.63, 3.8) is 0 Å². The summed E-state index contributed by atoms with van der Waals surface area (Å²) in [6, 6.07) is 13.4. The van der Waals surface area contributed by atoms with E-state index in [9.17, 15) is 14.0 Å². The van der Waals surface area contributed by atoms with Gasteiger partial charge in [-0.15, -0.1) is 0 Å². The van der Waals surface area contributed by atoms with Gasteiger partial charge in [-0.1, -0.05) is 58.9 Å². The summed E-state index contributed by atoms with van der Waals surface area (Å²) in [7, 11) is 0. The molecule has 0 aromatic heterocycles. The number of carboxylic acid groups (broad SMARTS) is 1. The first-order valence-corrected chi connectivity index (χ1v) is 12.9. The molecule has 1 spiro atoms. The number of carbonyl (C=O) groups is 2. The van der Waals surface area contributed by atoms with Crippen molar-refractivity contribution < 1.29 is 19.1 Å². The standard InChI is InChI=1S/C30H37FN2O3/c1-19(2)27(22-8-6-20(7-9-22)18-25(34)35)33-28(36)26(21-10-12-24(31)13-11-21)32-30(33)16-14-23(15-17-30)29(3,4)5/h6-13,19,23,27H,14-18H2,1-5H3,(H,34,35)/t23?,27-,30?/m1/s1. The largest absolute Gasteiger partial charge is 0.481 e.